The Hall–Kier alpha value is -2.18. The van der Waals surface area contributed by atoms with Crippen LogP contribution in [0.3, 0.4) is 0 Å². The molecule has 0 bridgehead atoms. The summed E-state index contributed by atoms with van der Waals surface area (Å²) >= 11 is 0. The van der Waals surface area contributed by atoms with Crippen LogP contribution in [0.2, 0.25) is 0 Å². The van der Waals surface area contributed by atoms with Crippen molar-refractivity contribution in [3.8, 4) is 6.07 Å². The third-order valence-corrected chi connectivity index (χ3v) is 3.58. The zero-order chi connectivity index (χ0) is 18.6. The first kappa shape index (κ1) is 22.9. The van der Waals surface area contributed by atoms with Gasteiger partial charge in [0.1, 0.15) is 5.82 Å². The molecule has 0 saturated carbocycles. The normalized spacial score (nSPS) is 10.6. The number of halogens is 2. The Balaban J connectivity index is 0.00000364. The highest BCUT2D eigenvalue weighted by molar-refractivity contribution is 14.0. The van der Waals surface area contributed by atoms with Crippen LogP contribution in [0.1, 0.15) is 23.6 Å². The summed E-state index contributed by atoms with van der Waals surface area (Å²) in [5.41, 5.74) is 1.94. The lowest BCUT2D eigenvalue weighted by molar-refractivity contribution is 0.125. The predicted molar refractivity (Wildman–Crippen MR) is 115 cm³/mol. The monoisotopic (exact) mass is 482 g/mol. The molecule has 5 nitrogen and oxygen atoms in total. The molecule has 144 valence electrons. The van der Waals surface area contributed by atoms with E-state index in [-0.39, 0.29) is 36.3 Å². The van der Waals surface area contributed by atoms with Gasteiger partial charge in [-0.15, -0.1) is 24.0 Å². The van der Waals surface area contributed by atoms with Gasteiger partial charge in [0.05, 0.1) is 31.4 Å². The molecule has 0 saturated heterocycles. The van der Waals surface area contributed by atoms with Crippen LogP contribution < -0.4 is 10.6 Å². The van der Waals surface area contributed by atoms with Gasteiger partial charge in [0.25, 0.3) is 0 Å². The molecule has 0 aliphatic heterocycles. The minimum Gasteiger partial charge on any atom is -0.375 e. The largest absolute Gasteiger partial charge is 0.375 e. The van der Waals surface area contributed by atoms with Gasteiger partial charge in [-0.25, -0.2) is 9.38 Å². The number of hydrogen-bond acceptors (Lipinski definition) is 3. The number of aliphatic imine (C=N–C) groups is 1. The second-order valence-corrected chi connectivity index (χ2v) is 5.58. The number of nitrogens with one attached hydrogen (secondary N) is 2. The number of rotatable bonds is 8. The van der Waals surface area contributed by atoms with Crippen molar-refractivity contribution in [3.63, 3.8) is 0 Å². The maximum Gasteiger partial charge on any atom is 0.191 e. The number of hydrogen-bond donors (Lipinski definition) is 2. The van der Waals surface area contributed by atoms with E-state index in [1.54, 1.807) is 0 Å². The molecule has 2 aromatic rings. The Kier molecular flexibility index (Phi) is 11.1. The molecule has 0 aliphatic rings. The van der Waals surface area contributed by atoms with E-state index in [0.29, 0.717) is 43.4 Å². The van der Waals surface area contributed by atoms with Crippen molar-refractivity contribution < 1.29 is 9.13 Å². The Morgan fingerprint density at radius 1 is 1.19 bits per heavy atom. The van der Waals surface area contributed by atoms with Crippen LogP contribution in [0.25, 0.3) is 0 Å². The van der Waals surface area contributed by atoms with Crippen LogP contribution in [0, 0.1) is 17.1 Å². The molecule has 0 heterocycles. The molecule has 0 amide bonds. The van der Waals surface area contributed by atoms with Crippen molar-refractivity contribution in [2.75, 3.05) is 19.7 Å². The molecule has 0 aliphatic carbocycles. The quantitative estimate of drug-likeness (QED) is 0.261. The van der Waals surface area contributed by atoms with Gasteiger partial charge < -0.3 is 15.4 Å². The molecular formula is C20H24FIN4O. The number of benzene rings is 2. The SMILES string of the molecule is CCNC(=NCc1cc(C#N)ccc1F)NCCOCc1ccccc1.I. The first-order chi connectivity index (χ1) is 12.7. The zero-order valence-electron chi connectivity index (χ0n) is 15.2. The average Bonchev–Trinajstić information content (AvgIpc) is 2.67. The minimum absolute atomic E-state index is 0. The van der Waals surface area contributed by atoms with Gasteiger partial charge in [-0.2, -0.15) is 5.26 Å². The van der Waals surface area contributed by atoms with Crippen molar-refractivity contribution in [2.24, 2.45) is 4.99 Å². The molecule has 2 aromatic carbocycles. The second kappa shape index (κ2) is 13.1. The minimum atomic E-state index is -0.366. The fourth-order valence-corrected chi connectivity index (χ4v) is 2.28. The van der Waals surface area contributed by atoms with E-state index in [9.17, 15) is 4.39 Å². The van der Waals surface area contributed by atoms with E-state index < -0.39 is 0 Å². The molecule has 0 unspecified atom stereocenters. The van der Waals surface area contributed by atoms with Crippen molar-refractivity contribution in [3.05, 3.63) is 71.0 Å². The van der Waals surface area contributed by atoms with Gasteiger partial charge >= 0.3 is 0 Å². The highest BCUT2D eigenvalue weighted by Gasteiger charge is 2.04. The van der Waals surface area contributed by atoms with Crippen LogP contribution >= 0.6 is 24.0 Å². The summed E-state index contributed by atoms with van der Waals surface area (Å²) in [5, 5.41) is 15.2. The summed E-state index contributed by atoms with van der Waals surface area (Å²) in [4.78, 5) is 4.37. The summed E-state index contributed by atoms with van der Waals surface area (Å²) < 4.78 is 19.4. The molecule has 0 fully saturated rings. The summed E-state index contributed by atoms with van der Waals surface area (Å²) in [6.07, 6.45) is 0. The third kappa shape index (κ3) is 8.37. The fourth-order valence-electron chi connectivity index (χ4n) is 2.28. The van der Waals surface area contributed by atoms with Crippen molar-refractivity contribution in [1.82, 2.24) is 10.6 Å². The standard InChI is InChI=1S/C20H23FN4O.HI/c1-2-23-20(24-10-11-26-15-16-6-4-3-5-7-16)25-14-18-12-17(13-22)8-9-19(18)21;/h3-9,12H,2,10-11,14-15H2,1H3,(H2,23,24,25);1H. The molecular weight excluding hydrogens is 458 g/mol. The topological polar surface area (TPSA) is 69.4 Å². The van der Waals surface area contributed by atoms with Gasteiger partial charge in [-0.1, -0.05) is 30.3 Å². The van der Waals surface area contributed by atoms with Crippen LogP contribution in [-0.4, -0.2) is 25.7 Å². The van der Waals surface area contributed by atoms with Crippen LogP contribution in [0.4, 0.5) is 4.39 Å². The van der Waals surface area contributed by atoms with Crippen LogP contribution in [-0.2, 0) is 17.9 Å². The van der Waals surface area contributed by atoms with Crippen molar-refractivity contribution >= 4 is 29.9 Å². The predicted octanol–water partition coefficient (Wildman–Crippen LogP) is 3.59. The lowest BCUT2D eigenvalue weighted by atomic mass is 10.1. The number of ether oxygens (including phenoxy) is 1. The summed E-state index contributed by atoms with van der Waals surface area (Å²) in [6.45, 7) is 4.47. The molecule has 2 rings (SSSR count). The van der Waals surface area contributed by atoms with E-state index in [4.69, 9.17) is 10.00 Å². The first-order valence-electron chi connectivity index (χ1n) is 8.55. The highest BCUT2D eigenvalue weighted by atomic mass is 127. The second-order valence-electron chi connectivity index (χ2n) is 5.58. The van der Waals surface area contributed by atoms with Gasteiger partial charge in [-0.05, 0) is 30.7 Å². The van der Waals surface area contributed by atoms with Gasteiger partial charge in [0.2, 0.25) is 0 Å². The van der Waals surface area contributed by atoms with Crippen molar-refractivity contribution in [1.29, 1.82) is 5.26 Å². The lowest BCUT2D eigenvalue weighted by Gasteiger charge is -2.12. The molecule has 0 radical (unpaired) electrons. The van der Waals surface area contributed by atoms with Gasteiger partial charge in [-0.3, -0.25) is 0 Å². The van der Waals surface area contributed by atoms with E-state index in [2.05, 4.69) is 15.6 Å². The summed E-state index contributed by atoms with van der Waals surface area (Å²) in [5.74, 6) is 0.215. The zero-order valence-corrected chi connectivity index (χ0v) is 17.6. The molecule has 27 heavy (non-hydrogen) atoms. The highest BCUT2D eigenvalue weighted by Crippen LogP contribution is 2.11. The van der Waals surface area contributed by atoms with Gasteiger partial charge in [0.15, 0.2) is 5.96 Å². The molecule has 2 N–H and O–H groups in total. The van der Waals surface area contributed by atoms with E-state index in [1.165, 1.54) is 18.2 Å². The van der Waals surface area contributed by atoms with E-state index in [0.717, 1.165) is 5.56 Å². The number of guanidine groups is 1. The molecule has 0 spiro atoms. The Morgan fingerprint density at radius 3 is 2.67 bits per heavy atom. The fraction of sp³-hybridized carbons (Fsp3) is 0.300. The Labute approximate surface area is 176 Å². The van der Waals surface area contributed by atoms with E-state index in [1.807, 2.05) is 43.3 Å². The number of nitriles is 1. The Bertz CT molecular complexity index is 762. The maximum absolute atomic E-state index is 13.8. The summed E-state index contributed by atoms with van der Waals surface area (Å²) in [7, 11) is 0. The maximum atomic E-state index is 13.8. The van der Waals surface area contributed by atoms with Crippen molar-refractivity contribution in [2.45, 2.75) is 20.1 Å². The number of nitrogens with zero attached hydrogens (tertiary/aromatic N) is 2. The van der Waals surface area contributed by atoms with Gasteiger partial charge in [0, 0.05) is 18.7 Å². The van der Waals surface area contributed by atoms with Crippen LogP contribution in [0.5, 0.6) is 0 Å². The van der Waals surface area contributed by atoms with E-state index >= 15 is 0 Å². The third-order valence-electron chi connectivity index (χ3n) is 3.58. The molecule has 0 atom stereocenters. The molecule has 7 heteroatoms. The molecule has 0 aromatic heterocycles. The summed E-state index contributed by atoms with van der Waals surface area (Å²) in [6, 6.07) is 16.2. The smallest absolute Gasteiger partial charge is 0.191 e. The average molecular weight is 482 g/mol. The Morgan fingerprint density at radius 2 is 1.96 bits per heavy atom. The first-order valence-corrected chi connectivity index (χ1v) is 8.55. The van der Waals surface area contributed by atoms with Crippen LogP contribution in [0.15, 0.2) is 53.5 Å². The lowest BCUT2D eigenvalue weighted by Crippen LogP contribution is -2.39.